The predicted octanol–water partition coefficient (Wildman–Crippen LogP) is 3.65. The Balaban J connectivity index is 2.20. The highest BCUT2D eigenvalue weighted by molar-refractivity contribution is 9.10. The molecule has 0 bridgehead atoms. The minimum atomic E-state index is -3.67. The fourth-order valence-corrected chi connectivity index (χ4v) is 3.35. The van der Waals surface area contributed by atoms with E-state index < -0.39 is 28.3 Å². The van der Waals surface area contributed by atoms with E-state index in [1.807, 2.05) is 0 Å². The minimum absolute atomic E-state index is 0.139. The average molecular weight is 436 g/mol. The Morgan fingerprint density at radius 1 is 1.29 bits per heavy atom. The van der Waals surface area contributed by atoms with Gasteiger partial charge < -0.3 is 5.32 Å². The number of hydrogen-bond acceptors (Lipinski definition) is 3. The van der Waals surface area contributed by atoms with Crippen molar-refractivity contribution < 1.29 is 17.6 Å². The number of carbonyl (C=O) groups is 1. The van der Waals surface area contributed by atoms with Crippen molar-refractivity contribution in [3.63, 3.8) is 0 Å². The second kappa shape index (κ2) is 7.50. The van der Waals surface area contributed by atoms with E-state index in [1.165, 1.54) is 12.1 Å². The molecule has 0 saturated heterocycles. The van der Waals surface area contributed by atoms with Crippen LogP contribution in [0.5, 0.6) is 0 Å². The van der Waals surface area contributed by atoms with Crippen LogP contribution in [0.4, 0.5) is 15.8 Å². The smallest absolute Gasteiger partial charge is 0.245 e. The van der Waals surface area contributed by atoms with Crippen molar-refractivity contribution in [3.05, 3.63) is 57.8 Å². The van der Waals surface area contributed by atoms with Crippen LogP contribution < -0.4 is 9.62 Å². The van der Waals surface area contributed by atoms with E-state index >= 15 is 0 Å². The van der Waals surface area contributed by atoms with Crippen LogP contribution in [0, 0.1) is 5.82 Å². The molecule has 9 heteroatoms. The van der Waals surface area contributed by atoms with Crippen molar-refractivity contribution in [1.82, 2.24) is 0 Å². The third-order valence-electron chi connectivity index (χ3n) is 2.99. The Bertz CT molecular complexity index is 877. The zero-order chi connectivity index (χ0) is 17.9. The SMILES string of the molecule is CS(=O)(=O)N(CC(=O)Nc1ccc(F)c(Cl)c1)c1cccc(Br)c1. The van der Waals surface area contributed by atoms with E-state index in [9.17, 15) is 17.6 Å². The maximum atomic E-state index is 13.1. The Morgan fingerprint density at radius 3 is 2.58 bits per heavy atom. The van der Waals surface area contributed by atoms with Crippen LogP contribution in [0.3, 0.4) is 0 Å². The maximum Gasteiger partial charge on any atom is 0.245 e. The lowest BCUT2D eigenvalue weighted by atomic mass is 10.3. The van der Waals surface area contributed by atoms with Crippen molar-refractivity contribution in [2.75, 3.05) is 22.4 Å². The zero-order valence-electron chi connectivity index (χ0n) is 12.5. The number of hydrogen-bond donors (Lipinski definition) is 1. The first-order valence-corrected chi connectivity index (χ1v) is 9.67. The summed E-state index contributed by atoms with van der Waals surface area (Å²) in [6.07, 6.45) is 1.01. The summed E-state index contributed by atoms with van der Waals surface area (Å²) in [5.74, 6) is -1.19. The molecule has 2 aromatic rings. The molecule has 0 saturated carbocycles. The van der Waals surface area contributed by atoms with Crippen LogP contribution in [-0.2, 0) is 14.8 Å². The highest BCUT2D eigenvalue weighted by atomic mass is 79.9. The summed E-state index contributed by atoms with van der Waals surface area (Å²) in [4.78, 5) is 12.2. The third kappa shape index (κ3) is 4.93. The summed E-state index contributed by atoms with van der Waals surface area (Å²) in [5, 5.41) is 2.35. The van der Waals surface area contributed by atoms with Gasteiger partial charge in [0, 0.05) is 10.2 Å². The number of nitrogens with zero attached hydrogens (tertiary/aromatic N) is 1. The lowest BCUT2D eigenvalue weighted by Gasteiger charge is -2.22. The van der Waals surface area contributed by atoms with Crippen LogP contribution in [0.2, 0.25) is 5.02 Å². The first kappa shape index (κ1) is 18.7. The van der Waals surface area contributed by atoms with Gasteiger partial charge in [0.1, 0.15) is 12.4 Å². The molecule has 0 aliphatic rings. The fourth-order valence-electron chi connectivity index (χ4n) is 1.94. The van der Waals surface area contributed by atoms with Crippen LogP contribution in [-0.4, -0.2) is 27.1 Å². The van der Waals surface area contributed by atoms with Crippen molar-refractivity contribution in [3.8, 4) is 0 Å². The number of amides is 1. The quantitative estimate of drug-likeness (QED) is 0.780. The fraction of sp³-hybridized carbons (Fsp3) is 0.133. The molecule has 5 nitrogen and oxygen atoms in total. The van der Waals surface area contributed by atoms with E-state index in [-0.39, 0.29) is 10.7 Å². The Labute approximate surface area is 152 Å². The van der Waals surface area contributed by atoms with Crippen LogP contribution >= 0.6 is 27.5 Å². The maximum absolute atomic E-state index is 13.1. The van der Waals surface area contributed by atoms with Crippen molar-refractivity contribution in [1.29, 1.82) is 0 Å². The lowest BCUT2D eigenvalue weighted by Crippen LogP contribution is -2.37. The molecule has 0 unspecified atom stereocenters. The Hall–Kier alpha value is -1.64. The summed E-state index contributed by atoms with van der Waals surface area (Å²) in [5.41, 5.74) is 0.619. The van der Waals surface area contributed by atoms with Crippen LogP contribution in [0.25, 0.3) is 0 Å². The summed E-state index contributed by atoms with van der Waals surface area (Å²) in [6.45, 7) is -0.426. The van der Waals surface area contributed by atoms with Gasteiger partial charge >= 0.3 is 0 Å². The van der Waals surface area contributed by atoms with Crippen molar-refractivity contribution in [2.24, 2.45) is 0 Å². The monoisotopic (exact) mass is 434 g/mol. The molecule has 2 aromatic carbocycles. The van der Waals surface area contributed by atoms with Crippen molar-refractivity contribution >= 4 is 54.8 Å². The molecule has 24 heavy (non-hydrogen) atoms. The number of sulfonamides is 1. The number of nitrogens with one attached hydrogen (secondary N) is 1. The zero-order valence-corrected chi connectivity index (χ0v) is 15.6. The van der Waals surface area contributed by atoms with E-state index in [0.29, 0.717) is 10.2 Å². The first-order chi connectivity index (χ1) is 11.2. The molecule has 0 atom stereocenters. The van der Waals surface area contributed by atoms with Crippen LogP contribution in [0.15, 0.2) is 46.9 Å². The molecule has 0 aliphatic heterocycles. The van der Waals surface area contributed by atoms with Gasteiger partial charge in [-0.25, -0.2) is 12.8 Å². The number of anilines is 2. The van der Waals surface area contributed by atoms with Gasteiger partial charge in [-0.15, -0.1) is 0 Å². The second-order valence-electron chi connectivity index (χ2n) is 4.93. The normalized spacial score (nSPS) is 11.2. The highest BCUT2D eigenvalue weighted by Crippen LogP contribution is 2.23. The molecule has 2 rings (SSSR count). The molecule has 0 radical (unpaired) electrons. The Morgan fingerprint density at radius 2 is 2.00 bits per heavy atom. The standard InChI is InChI=1S/C15H13BrClFN2O3S/c1-24(22,23)20(12-4-2-3-10(16)7-12)9-15(21)19-11-5-6-14(18)13(17)8-11/h2-8H,9H2,1H3,(H,19,21). The molecular formula is C15H13BrClFN2O3S. The van der Waals surface area contributed by atoms with Gasteiger partial charge in [0.25, 0.3) is 0 Å². The molecule has 0 spiro atoms. The molecule has 1 amide bonds. The molecule has 0 aliphatic carbocycles. The molecule has 1 N–H and O–H groups in total. The molecule has 0 aromatic heterocycles. The van der Waals surface area contributed by atoms with Crippen molar-refractivity contribution in [2.45, 2.75) is 0 Å². The summed E-state index contributed by atoms with van der Waals surface area (Å²) in [6, 6.07) is 10.3. The van der Waals surface area contributed by atoms with Gasteiger partial charge in [0.05, 0.1) is 17.0 Å². The molecule has 128 valence electrons. The number of halogens is 3. The summed E-state index contributed by atoms with van der Waals surface area (Å²) in [7, 11) is -3.67. The van der Waals surface area contributed by atoms with Gasteiger partial charge in [-0.2, -0.15) is 0 Å². The minimum Gasteiger partial charge on any atom is -0.324 e. The molecule has 0 heterocycles. The average Bonchev–Trinajstić information content (AvgIpc) is 2.47. The molecule has 0 fully saturated rings. The van der Waals surface area contributed by atoms with Gasteiger partial charge in [-0.05, 0) is 36.4 Å². The van der Waals surface area contributed by atoms with Gasteiger partial charge in [-0.3, -0.25) is 9.10 Å². The summed E-state index contributed by atoms with van der Waals surface area (Å²) < 4.78 is 38.8. The van der Waals surface area contributed by atoms with E-state index in [4.69, 9.17) is 11.6 Å². The second-order valence-corrected chi connectivity index (χ2v) is 8.16. The predicted molar refractivity (Wildman–Crippen MR) is 96.4 cm³/mol. The number of benzene rings is 2. The summed E-state index contributed by atoms with van der Waals surface area (Å²) >= 11 is 8.91. The highest BCUT2D eigenvalue weighted by Gasteiger charge is 2.21. The molecular weight excluding hydrogens is 423 g/mol. The lowest BCUT2D eigenvalue weighted by molar-refractivity contribution is -0.114. The van der Waals surface area contributed by atoms with E-state index in [0.717, 1.165) is 16.6 Å². The third-order valence-corrected chi connectivity index (χ3v) is 4.91. The largest absolute Gasteiger partial charge is 0.324 e. The Kier molecular flexibility index (Phi) is 5.84. The number of rotatable bonds is 5. The van der Waals surface area contributed by atoms with E-state index in [1.54, 1.807) is 24.3 Å². The number of carbonyl (C=O) groups excluding carboxylic acids is 1. The van der Waals surface area contributed by atoms with Gasteiger partial charge in [0.15, 0.2) is 0 Å². The topological polar surface area (TPSA) is 66.5 Å². The van der Waals surface area contributed by atoms with E-state index in [2.05, 4.69) is 21.2 Å². The van der Waals surface area contributed by atoms with Gasteiger partial charge in [-0.1, -0.05) is 33.6 Å². The van der Waals surface area contributed by atoms with Gasteiger partial charge in [0.2, 0.25) is 15.9 Å². The van der Waals surface area contributed by atoms with Crippen LogP contribution in [0.1, 0.15) is 0 Å². The first-order valence-electron chi connectivity index (χ1n) is 6.65.